The van der Waals surface area contributed by atoms with Gasteiger partial charge in [-0.1, -0.05) is 12.1 Å². The number of benzene rings is 2. The van der Waals surface area contributed by atoms with Crippen molar-refractivity contribution >= 4 is 21.9 Å². The number of rotatable bonds is 4. The molecule has 0 aliphatic heterocycles. The third-order valence-electron chi connectivity index (χ3n) is 4.97. The lowest BCUT2D eigenvalue weighted by molar-refractivity contribution is 0.311. The van der Waals surface area contributed by atoms with Crippen molar-refractivity contribution < 1.29 is 4.42 Å². The molecule has 0 saturated heterocycles. The van der Waals surface area contributed by atoms with Crippen LogP contribution in [0.25, 0.3) is 21.9 Å². The molecule has 4 aromatic rings. The van der Waals surface area contributed by atoms with Gasteiger partial charge in [-0.05, 0) is 61.9 Å². The van der Waals surface area contributed by atoms with Gasteiger partial charge < -0.3 is 9.40 Å². The van der Waals surface area contributed by atoms with Crippen LogP contribution in [-0.4, -0.2) is 21.9 Å². The summed E-state index contributed by atoms with van der Waals surface area (Å²) in [7, 11) is 1.93. The number of hydrogen-bond donors (Lipinski definition) is 1. The molecule has 6 nitrogen and oxygen atoms in total. The number of nitrogens with zero attached hydrogens (tertiary/aromatic N) is 2. The van der Waals surface area contributed by atoms with Crippen molar-refractivity contribution in [3.05, 3.63) is 85.8 Å². The summed E-state index contributed by atoms with van der Waals surface area (Å²) in [5.41, 5.74) is 3.87. The van der Waals surface area contributed by atoms with Crippen LogP contribution in [0.3, 0.4) is 0 Å². The third-order valence-corrected chi connectivity index (χ3v) is 4.97. The van der Waals surface area contributed by atoms with E-state index in [0.717, 1.165) is 22.1 Å². The standard InChI is InChI=1S/C22H21N3O3/c1-13-8-17-15(10-21(26)28-19(17)9-14(13)2)11-25(3)12-20-23-18-7-5-4-6-16(18)22(27)24-20/h4-10H,11-12H2,1-3H3,(H,23,24,27). The molecule has 0 aliphatic carbocycles. The minimum atomic E-state index is -0.364. The van der Waals surface area contributed by atoms with Gasteiger partial charge in [0.1, 0.15) is 11.4 Å². The first kappa shape index (κ1) is 18.1. The quantitative estimate of drug-likeness (QED) is 0.554. The van der Waals surface area contributed by atoms with E-state index in [4.69, 9.17) is 4.42 Å². The maximum absolute atomic E-state index is 12.3. The zero-order valence-corrected chi connectivity index (χ0v) is 16.1. The number of hydrogen-bond acceptors (Lipinski definition) is 5. The molecule has 0 radical (unpaired) electrons. The van der Waals surface area contributed by atoms with E-state index in [2.05, 4.69) is 9.97 Å². The van der Waals surface area contributed by atoms with Crippen molar-refractivity contribution in [2.45, 2.75) is 26.9 Å². The summed E-state index contributed by atoms with van der Waals surface area (Å²) in [5.74, 6) is 0.588. The summed E-state index contributed by atoms with van der Waals surface area (Å²) in [6.07, 6.45) is 0. The van der Waals surface area contributed by atoms with Crippen molar-refractivity contribution in [2.24, 2.45) is 0 Å². The number of aromatic nitrogens is 2. The minimum absolute atomic E-state index is 0.147. The Morgan fingerprint density at radius 2 is 1.75 bits per heavy atom. The highest BCUT2D eigenvalue weighted by molar-refractivity contribution is 5.82. The second kappa shape index (κ2) is 7.05. The van der Waals surface area contributed by atoms with Crippen molar-refractivity contribution in [3.8, 4) is 0 Å². The van der Waals surface area contributed by atoms with Crippen LogP contribution in [0.4, 0.5) is 0 Å². The Kier molecular flexibility index (Phi) is 4.57. The lowest BCUT2D eigenvalue weighted by Gasteiger charge is -2.17. The fraction of sp³-hybridized carbons (Fsp3) is 0.227. The van der Waals surface area contributed by atoms with E-state index in [-0.39, 0.29) is 11.2 Å². The largest absolute Gasteiger partial charge is 0.423 e. The van der Waals surface area contributed by atoms with Gasteiger partial charge in [0.05, 0.1) is 17.4 Å². The summed E-state index contributed by atoms with van der Waals surface area (Å²) in [4.78, 5) is 33.6. The average molecular weight is 375 g/mol. The average Bonchev–Trinajstić information content (AvgIpc) is 2.63. The fourth-order valence-corrected chi connectivity index (χ4v) is 3.43. The molecule has 0 spiro atoms. The van der Waals surface area contributed by atoms with Gasteiger partial charge in [0.2, 0.25) is 0 Å². The van der Waals surface area contributed by atoms with Gasteiger partial charge in [-0.2, -0.15) is 0 Å². The third kappa shape index (κ3) is 3.46. The Labute approximate surface area is 161 Å². The van der Waals surface area contributed by atoms with Crippen LogP contribution >= 0.6 is 0 Å². The molecule has 0 fully saturated rings. The topological polar surface area (TPSA) is 79.2 Å². The van der Waals surface area contributed by atoms with E-state index in [0.29, 0.717) is 35.4 Å². The van der Waals surface area contributed by atoms with E-state index < -0.39 is 0 Å². The second-order valence-corrected chi connectivity index (χ2v) is 7.23. The lowest BCUT2D eigenvalue weighted by atomic mass is 10.0. The summed E-state index contributed by atoms with van der Waals surface area (Å²) >= 11 is 0. The predicted octanol–water partition coefficient (Wildman–Crippen LogP) is 3.28. The summed E-state index contributed by atoms with van der Waals surface area (Å²) in [5, 5.41) is 1.50. The molecule has 2 aromatic carbocycles. The molecule has 2 heterocycles. The molecule has 0 bridgehead atoms. The second-order valence-electron chi connectivity index (χ2n) is 7.23. The van der Waals surface area contributed by atoms with Gasteiger partial charge >= 0.3 is 5.63 Å². The van der Waals surface area contributed by atoms with E-state index in [9.17, 15) is 9.59 Å². The predicted molar refractivity (Wildman–Crippen MR) is 109 cm³/mol. The maximum Gasteiger partial charge on any atom is 0.336 e. The zero-order chi connectivity index (χ0) is 19.8. The van der Waals surface area contributed by atoms with Crippen LogP contribution < -0.4 is 11.2 Å². The minimum Gasteiger partial charge on any atom is -0.423 e. The first-order valence-electron chi connectivity index (χ1n) is 9.11. The van der Waals surface area contributed by atoms with Crippen molar-refractivity contribution in [3.63, 3.8) is 0 Å². The van der Waals surface area contributed by atoms with Gasteiger partial charge in [0.25, 0.3) is 5.56 Å². The molecule has 0 saturated carbocycles. The normalized spacial score (nSPS) is 11.6. The fourth-order valence-electron chi connectivity index (χ4n) is 3.43. The molecule has 142 valence electrons. The molecule has 6 heteroatoms. The van der Waals surface area contributed by atoms with E-state index in [1.807, 2.05) is 56.1 Å². The molecular weight excluding hydrogens is 354 g/mol. The van der Waals surface area contributed by atoms with Crippen molar-refractivity contribution in [1.29, 1.82) is 0 Å². The van der Waals surface area contributed by atoms with Crippen LogP contribution in [0.1, 0.15) is 22.5 Å². The van der Waals surface area contributed by atoms with Crippen LogP contribution in [0.15, 0.2) is 56.5 Å². The molecular formula is C22H21N3O3. The smallest absolute Gasteiger partial charge is 0.336 e. The van der Waals surface area contributed by atoms with Crippen molar-refractivity contribution in [2.75, 3.05) is 7.05 Å². The highest BCUT2D eigenvalue weighted by Gasteiger charge is 2.12. The Bertz CT molecular complexity index is 1300. The van der Waals surface area contributed by atoms with Gasteiger partial charge in [0.15, 0.2) is 0 Å². The summed E-state index contributed by atoms with van der Waals surface area (Å²) in [6.45, 7) is 5.01. The molecule has 0 aliphatic rings. The molecule has 1 N–H and O–H groups in total. The van der Waals surface area contributed by atoms with Gasteiger partial charge in [0, 0.05) is 18.0 Å². The van der Waals surface area contributed by atoms with Crippen LogP contribution in [-0.2, 0) is 13.1 Å². The van der Waals surface area contributed by atoms with E-state index >= 15 is 0 Å². The Hall–Kier alpha value is -3.25. The van der Waals surface area contributed by atoms with E-state index in [1.165, 1.54) is 6.07 Å². The van der Waals surface area contributed by atoms with Gasteiger partial charge in [-0.25, -0.2) is 9.78 Å². The Morgan fingerprint density at radius 1 is 1.00 bits per heavy atom. The van der Waals surface area contributed by atoms with Gasteiger partial charge in [-0.3, -0.25) is 9.69 Å². The first-order valence-corrected chi connectivity index (χ1v) is 9.11. The van der Waals surface area contributed by atoms with Crippen LogP contribution in [0, 0.1) is 13.8 Å². The van der Waals surface area contributed by atoms with Crippen LogP contribution in [0.5, 0.6) is 0 Å². The number of aryl methyl sites for hydroxylation is 2. The molecule has 4 rings (SSSR count). The molecule has 2 aromatic heterocycles. The molecule has 0 unspecified atom stereocenters. The number of para-hydroxylation sites is 1. The lowest BCUT2D eigenvalue weighted by Crippen LogP contribution is -2.22. The Morgan fingerprint density at radius 3 is 2.57 bits per heavy atom. The summed E-state index contributed by atoms with van der Waals surface area (Å²) < 4.78 is 5.37. The molecule has 28 heavy (non-hydrogen) atoms. The first-order chi connectivity index (χ1) is 13.4. The maximum atomic E-state index is 12.3. The Balaban J connectivity index is 1.66. The number of fused-ring (bicyclic) bond motifs is 2. The number of aromatic amines is 1. The van der Waals surface area contributed by atoms with Crippen LogP contribution in [0.2, 0.25) is 0 Å². The number of nitrogens with one attached hydrogen (secondary N) is 1. The van der Waals surface area contributed by atoms with E-state index in [1.54, 1.807) is 6.07 Å². The zero-order valence-electron chi connectivity index (χ0n) is 16.1. The van der Waals surface area contributed by atoms with Gasteiger partial charge in [-0.15, -0.1) is 0 Å². The molecule has 0 amide bonds. The monoisotopic (exact) mass is 375 g/mol. The molecule has 0 atom stereocenters. The van der Waals surface area contributed by atoms with Crippen molar-refractivity contribution in [1.82, 2.24) is 14.9 Å². The number of H-pyrrole nitrogens is 1. The SMILES string of the molecule is Cc1cc2oc(=O)cc(CN(C)Cc3nc4ccccc4c(=O)[nH]3)c2cc1C. The summed E-state index contributed by atoms with van der Waals surface area (Å²) in [6, 6.07) is 12.8. The highest BCUT2D eigenvalue weighted by Crippen LogP contribution is 2.22. The highest BCUT2D eigenvalue weighted by atomic mass is 16.4.